The lowest BCUT2D eigenvalue weighted by Crippen LogP contribution is -2.54. The first-order valence-corrected chi connectivity index (χ1v) is 9.64. The van der Waals surface area contributed by atoms with Crippen molar-refractivity contribution < 1.29 is 13.2 Å². The second kappa shape index (κ2) is 7.31. The first-order valence-electron chi connectivity index (χ1n) is 7.80. The molecule has 7 heteroatoms. The largest absolute Gasteiger partial charge is 0.368 e. The highest BCUT2D eigenvalue weighted by Crippen LogP contribution is 2.19. The average molecular weight is 339 g/mol. The molecule has 0 bridgehead atoms. The Hall–Kier alpha value is -1.60. The van der Waals surface area contributed by atoms with Crippen molar-refractivity contribution >= 4 is 21.6 Å². The van der Waals surface area contributed by atoms with E-state index >= 15 is 0 Å². The van der Waals surface area contributed by atoms with E-state index in [4.69, 9.17) is 0 Å². The molecule has 0 spiro atoms. The van der Waals surface area contributed by atoms with Crippen molar-refractivity contribution in [2.24, 2.45) is 0 Å². The van der Waals surface area contributed by atoms with Crippen LogP contribution in [0.1, 0.15) is 13.3 Å². The number of carbonyl (C=O) groups excluding carboxylic acids is 1. The van der Waals surface area contributed by atoms with Crippen LogP contribution in [-0.2, 0) is 14.8 Å². The summed E-state index contributed by atoms with van der Waals surface area (Å²) < 4.78 is 24.0. The third kappa shape index (κ3) is 4.68. The highest BCUT2D eigenvalue weighted by Gasteiger charge is 2.27. The maximum atomic E-state index is 12.4. The Balaban J connectivity index is 1.89. The quantitative estimate of drug-likeness (QED) is 0.803. The normalized spacial score (nSPS) is 19.2. The predicted octanol–water partition coefficient (Wildman–Crippen LogP) is 1.01. The van der Waals surface area contributed by atoms with Gasteiger partial charge in [0, 0.05) is 51.4 Å². The van der Waals surface area contributed by atoms with Gasteiger partial charge in [0.25, 0.3) is 0 Å². The molecule has 6 nitrogen and oxygen atoms in total. The Morgan fingerprint density at radius 2 is 1.91 bits per heavy atom. The number of carbonyl (C=O) groups is 1. The minimum Gasteiger partial charge on any atom is -0.368 e. The van der Waals surface area contributed by atoms with Gasteiger partial charge in [0.1, 0.15) is 0 Å². The van der Waals surface area contributed by atoms with Crippen LogP contribution in [0.15, 0.2) is 30.3 Å². The summed E-state index contributed by atoms with van der Waals surface area (Å²) in [6.07, 6.45) is 1.37. The van der Waals surface area contributed by atoms with Crippen LogP contribution in [-0.4, -0.2) is 69.1 Å². The Morgan fingerprint density at radius 1 is 1.26 bits per heavy atom. The number of sulfonamides is 1. The lowest BCUT2D eigenvalue weighted by molar-refractivity contribution is -0.133. The molecule has 1 saturated heterocycles. The van der Waals surface area contributed by atoms with Crippen molar-refractivity contribution in [2.45, 2.75) is 19.4 Å². The summed E-state index contributed by atoms with van der Waals surface area (Å²) >= 11 is 0. The highest BCUT2D eigenvalue weighted by atomic mass is 32.2. The summed E-state index contributed by atoms with van der Waals surface area (Å²) in [6.45, 7) is 4.51. The van der Waals surface area contributed by atoms with Crippen LogP contribution in [0.5, 0.6) is 0 Å². The fourth-order valence-corrected chi connectivity index (χ4v) is 3.19. The van der Waals surface area contributed by atoms with Gasteiger partial charge in [-0.05, 0) is 19.1 Å². The van der Waals surface area contributed by atoms with E-state index in [0.29, 0.717) is 6.54 Å². The molecule has 1 aromatic rings. The van der Waals surface area contributed by atoms with Gasteiger partial charge in [-0.25, -0.2) is 12.7 Å². The van der Waals surface area contributed by atoms with Gasteiger partial charge in [-0.2, -0.15) is 0 Å². The Bertz CT molecular complexity index is 633. The van der Waals surface area contributed by atoms with E-state index in [2.05, 4.69) is 17.0 Å². The monoisotopic (exact) mass is 339 g/mol. The van der Waals surface area contributed by atoms with E-state index in [9.17, 15) is 13.2 Å². The van der Waals surface area contributed by atoms with Crippen LogP contribution >= 0.6 is 0 Å². The van der Waals surface area contributed by atoms with Crippen LogP contribution in [0.25, 0.3) is 0 Å². The van der Waals surface area contributed by atoms with Gasteiger partial charge in [-0.3, -0.25) is 4.79 Å². The predicted molar refractivity (Wildman–Crippen MR) is 91.9 cm³/mol. The minimum absolute atomic E-state index is 0.0145. The molecular weight excluding hydrogens is 314 g/mol. The number of piperazine rings is 1. The Kier molecular flexibility index (Phi) is 5.64. The van der Waals surface area contributed by atoms with Gasteiger partial charge in [-0.15, -0.1) is 0 Å². The van der Waals surface area contributed by atoms with Crippen LogP contribution in [0.3, 0.4) is 0 Å². The molecule has 0 N–H and O–H groups in total. The molecule has 1 aliphatic heterocycles. The summed E-state index contributed by atoms with van der Waals surface area (Å²) in [6, 6.07) is 10.3. The van der Waals surface area contributed by atoms with Gasteiger partial charge in [0.15, 0.2) is 0 Å². The number of nitrogens with zero attached hydrogens (tertiary/aromatic N) is 3. The van der Waals surface area contributed by atoms with Crippen molar-refractivity contribution in [1.29, 1.82) is 0 Å². The number of hydrogen-bond donors (Lipinski definition) is 0. The van der Waals surface area contributed by atoms with Gasteiger partial charge >= 0.3 is 0 Å². The van der Waals surface area contributed by atoms with Gasteiger partial charge < -0.3 is 9.80 Å². The summed E-state index contributed by atoms with van der Waals surface area (Å²) in [5.41, 5.74) is 1.17. The molecule has 1 amide bonds. The Morgan fingerprint density at radius 3 is 2.48 bits per heavy atom. The zero-order valence-electron chi connectivity index (χ0n) is 14.0. The lowest BCUT2D eigenvalue weighted by Gasteiger charge is -2.41. The van der Waals surface area contributed by atoms with Crippen LogP contribution < -0.4 is 4.90 Å². The van der Waals surface area contributed by atoms with Crippen molar-refractivity contribution in [3.63, 3.8) is 0 Å². The van der Waals surface area contributed by atoms with Crippen LogP contribution in [0, 0.1) is 0 Å². The van der Waals surface area contributed by atoms with Crippen molar-refractivity contribution in [1.82, 2.24) is 9.21 Å². The molecule has 1 fully saturated rings. The third-order valence-corrected chi connectivity index (χ3v) is 5.59. The van der Waals surface area contributed by atoms with E-state index in [1.54, 1.807) is 0 Å². The molecule has 0 unspecified atom stereocenters. The topological polar surface area (TPSA) is 60.9 Å². The average Bonchev–Trinajstić information content (AvgIpc) is 2.52. The van der Waals surface area contributed by atoms with E-state index in [-0.39, 0.29) is 24.9 Å². The maximum absolute atomic E-state index is 12.4. The molecule has 0 saturated carbocycles. The van der Waals surface area contributed by atoms with Gasteiger partial charge in [0.2, 0.25) is 15.9 Å². The van der Waals surface area contributed by atoms with E-state index < -0.39 is 10.0 Å². The molecule has 1 aliphatic rings. The lowest BCUT2D eigenvalue weighted by atomic mass is 10.1. The fraction of sp³-hybridized carbons (Fsp3) is 0.562. The zero-order chi connectivity index (χ0) is 17.0. The second-order valence-corrected chi connectivity index (χ2v) is 8.14. The molecule has 0 aromatic heterocycles. The number of hydrogen-bond acceptors (Lipinski definition) is 4. The molecule has 0 aliphatic carbocycles. The van der Waals surface area contributed by atoms with Crippen molar-refractivity contribution in [3.05, 3.63) is 30.3 Å². The molecule has 2 rings (SSSR count). The molecule has 0 radical (unpaired) electrons. The van der Waals surface area contributed by atoms with Gasteiger partial charge in [-0.1, -0.05) is 18.2 Å². The SMILES string of the molecule is C[C@@H]1CN(c2ccccc2)CCN1C(=O)CCN(C)S(C)(=O)=O. The van der Waals surface area contributed by atoms with Crippen LogP contribution in [0.4, 0.5) is 5.69 Å². The molecule has 1 aromatic carbocycles. The summed E-state index contributed by atoms with van der Waals surface area (Å²) in [5.74, 6) is 0.0145. The van der Waals surface area contributed by atoms with Crippen molar-refractivity contribution in [2.75, 3.05) is 44.4 Å². The molecule has 23 heavy (non-hydrogen) atoms. The minimum atomic E-state index is -3.23. The number of para-hydroxylation sites is 1. The first-order chi connectivity index (χ1) is 10.8. The highest BCUT2D eigenvalue weighted by molar-refractivity contribution is 7.88. The fourth-order valence-electron chi connectivity index (χ4n) is 2.76. The smallest absolute Gasteiger partial charge is 0.224 e. The van der Waals surface area contributed by atoms with E-state index in [1.807, 2.05) is 30.0 Å². The van der Waals surface area contributed by atoms with Crippen molar-refractivity contribution in [3.8, 4) is 0 Å². The standard InChI is InChI=1S/C16H25N3O3S/c1-14-13-18(15-7-5-4-6-8-15)11-12-19(14)16(20)9-10-17(2)23(3,21)22/h4-8,14H,9-13H2,1-3H3/t14-/m1/s1. The molecule has 1 atom stereocenters. The Labute approximate surface area is 138 Å². The maximum Gasteiger partial charge on any atom is 0.224 e. The molecular formula is C16H25N3O3S. The zero-order valence-corrected chi connectivity index (χ0v) is 14.8. The molecule has 128 valence electrons. The van der Waals surface area contributed by atoms with E-state index in [0.717, 1.165) is 19.3 Å². The van der Waals surface area contributed by atoms with Gasteiger partial charge in [0.05, 0.1) is 6.26 Å². The number of rotatable bonds is 5. The van der Waals surface area contributed by atoms with Crippen LogP contribution in [0.2, 0.25) is 0 Å². The summed E-state index contributed by atoms with van der Waals surface area (Å²) in [4.78, 5) is 16.5. The second-order valence-electron chi connectivity index (χ2n) is 6.05. The number of amides is 1. The summed E-state index contributed by atoms with van der Waals surface area (Å²) in [7, 11) is -1.73. The third-order valence-electron chi connectivity index (χ3n) is 4.28. The first kappa shape index (κ1) is 17.7. The number of anilines is 1. The number of benzene rings is 1. The summed E-state index contributed by atoms with van der Waals surface area (Å²) in [5, 5.41) is 0. The van der Waals surface area contributed by atoms with E-state index in [1.165, 1.54) is 17.0 Å². The molecule has 1 heterocycles.